The fourth-order valence-electron chi connectivity index (χ4n) is 3.55. The lowest BCUT2D eigenvalue weighted by Crippen LogP contribution is -2.50. The molecule has 1 N–H and O–H groups in total. The molecule has 4 nitrogen and oxygen atoms in total. The van der Waals surface area contributed by atoms with E-state index in [-0.39, 0.29) is 24.1 Å². The maximum Gasteiger partial charge on any atom is 0.242 e. The van der Waals surface area contributed by atoms with E-state index in [0.717, 1.165) is 11.1 Å². The quantitative estimate of drug-likeness (QED) is 0.471. The van der Waals surface area contributed by atoms with Crippen molar-refractivity contribution in [1.82, 2.24) is 10.2 Å². The normalized spacial score (nSPS) is 11.6. The molecule has 0 aliphatic carbocycles. The van der Waals surface area contributed by atoms with Gasteiger partial charge in [-0.1, -0.05) is 78.4 Å². The monoisotopic (exact) mass is 464 g/mol. The molecule has 0 aromatic heterocycles. The van der Waals surface area contributed by atoms with Crippen LogP contribution in [0.1, 0.15) is 22.3 Å². The summed E-state index contributed by atoms with van der Waals surface area (Å²) in [6, 6.07) is 23.4. The highest BCUT2D eigenvalue weighted by atomic mass is 32.2. The van der Waals surface area contributed by atoms with Crippen molar-refractivity contribution < 1.29 is 14.0 Å². The first-order valence-electron chi connectivity index (χ1n) is 10.9. The number of likely N-dealkylation sites (N-methyl/N-ethyl adjacent to an activating group) is 1. The van der Waals surface area contributed by atoms with E-state index in [4.69, 9.17) is 0 Å². The summed E-state index contributed by atoms with van der Waals surface area (Å²) in [5.74, 6) is 0.0259. The molecule has 3 rings (SSSR count). The average molecular weight is 465 g/mol. The van der Waals surface area contributed by atoms with E-state index in [1.807, 2.05) is 61.5 Å². The van der Waals surface area contributed by atoms with Gasteiger partial charge in [-0.05, 0) is 24.1 Å². The van der Waals surface area contributed by atoms with Crippen molar-refractivity contribution in [3.8, 4) is 0 Å². The van der Waals surface area contributed by atoms with Gasteiger partial charge in [0, 0.05) is 31.3 Å². The number of aryl methyl sites for hydroxylation is 1. The van der Waals surface area contributed by atoms with Gasteiger partial charge in [0.1, 0.15) is 11.9 Å². The molecule has 0 spiro atoms. The van der Waals surface area contributed by atoms with Crippen LogP contribution in [0.4, 0.5) is 4.39 Å². The maximum absolute atomic E-state index is 14.4. The Morgan fingerprint density at radius 3 is 2.27 bits per heavy atom. The number of hydrogen-bond donors (Lipinski definition) is 1. The molecule has 0 aliphatic heterocycles. The molecule has 0 heterocycles. The summed E-state index contributed by atoms with van der Waals surface area (Å²) in [7, 11) is 1.55. The predicted octanol–water partition coefficient (Wildman–Crippen LogP) is 4.75. The lowest BCUT2D eigenvalue weighted by Gasteiger charge is -2.31. The van der Waals surface area contributed by atoms with Crippen LogP contribution in [0.25, 0.3) is 0 Å². The number of amides is 2. The molecule has 0 aliphatic rings. The molecule has 1 atom stereocenters. The highest BCUT2D eigenvalue weighted by Gasteiger charge is 2.30. The minimum absolute atomic E-state index is 0.0293. The molecule has 3 aromatic carbocycles. The summed E-state index contributed by atoms with van der Waals surface area (Å²) < 4.78 is 14.4. The molecule has 0 saturated heterocycles. The summed E-state index contributed by atoms with van der Waals surface area (Å²) in [5, 5.41) is 2.67. The van der Waals surface area contributed by atoms with Gasteiger partial charge in [-0.2, -0.15) is 0 Å². The summed E-state index contributed by atoms with van der Waals surface area (Å²) in [6.45, 7) is 2.06. The van der Waals surface area contributed by atoms with E-state index in [9.17, 15) is 14.0 Å². The van der Waals surface area contributed by atoms with Gasteiger partial charge in [-0.3, -0.25) is 9.59 Å². The van der Waals surface area contributed by atoms with E-state index < -0.39 is 11.9 Å². The van der Waals surface area contributed by atoms with Gasteiger partial charge in [0.15, 0.2) is 0 Å². The van der Waals surface area contributed by atoms with E-state index in [2.05, 4.69) is 5.32 Å². The van der Waals surface area contributed by atoms with Gasteiger partial charge in [0.25, 0.3) is 0 Å². The topological polar surface area (TPSA) is 49.4 Å². The van der Waals surface area contributed by atoms with Crippen LogP contribution in [0.15, 0.2) is 78.9 Å². The largest absolute Gasteiger partial charge is 0.357 e. The zero-order valence-corrected chi connectivity index (χ0v) is 19.8. The van der Waals surface area contributed by atoms with Gasteiger partial charge in [0.2, 0.25) is 11.8 Å². The molecular weight excluding hydrogens is 435 g/mol. The number of rotatable bonds is 10. The first-order chi connectivity index (χ1) is 16.0. The number of nitrogens with one attached hydrogen (secondary N) is 1. The van der Waals surface area contributed by atoms with Crippen molar-refractivity contribution in [2.75, 3.05) is 12.8 Å². The van der Waals surface area contributed by atoms with Crippen molar-refractivity contribution in [1.29, 1.82) is 0 Å². The molecule has 2 amide bonds. The summed E-state index contributed by atoms with van der Waals surface area (Å²) in [5.41, 5.74) is 3.64. The zero-order chi connectivity index (χ0) is 23.6. The van der Waals surface area contributed by atoms with Gasteiger partial charge >= 0.3 is 0 Å². The standard InChI is InChI=1S/C27H29FN2O2S/c1-20-12-14-22(15-13-20)18-33-19-26(31)30(17-23-10-6-7-11-24(23)28)25(27(32)29-2)16-21-8-4-3-5-9-21/h3-15,25H,16-19H2,1-2H3,(H,29,32)/t25-/m1/s1. The Morgan fingerprint density at radius 1 is 0.939 bits per heavy atom. The van der Waals surface area contributed by atoms with Crippen molar-refractivity contribution in [2.24, 2.45) is 0 Å². The Morgan fingerprint density at radius 2 is 1.61 bits per heavy atom. The lowest BCUT2D eigenvalue weighted by molar-refractivity contribution is -0.139. The second-order valence-electron chi connectivity index (χ2n) is 7.91. The fraction of sp³-hybridized carbons (Fsp3) is 0.259. The third-order valence-electron chi connectivity index (χ3n) is 5.43. The smallest absolute Gasteiger partial charge is 0.242 e. The second kappa shape index (κ2) is 12.2. The Balaban J connectivity index is 1.81. The molecule has 0 saturated carbocycles. The number of carbonyl (C=O) groups is 2. The van der Waals surface area contributed by atoms with Crippen LogP contribution in [0.3, 0.4) is 0 Å². The number of hydrogen-bond acceptors (Lipinski definition) is 3. The highest BCUT2D eigenvalue weighted by molar-refractivity contribution is 7.99. The van der Waals surface area contributed by atoms with Crippen molar-refractivity contribution in [3.05, 3.63) is 107 Å². The van der Waals surface area contributed by atoms with Crippen LogP contribution in [-0.2, 0) is 28.3 Å². The average Bonchev–Trinajstić information content (AvgIpc) is 2.83. The Labute approximate surface area is 199 Å². The van der Waals surface area contributed by atoms with E-state index >= 15 is 0 Å². The lowest BCUT2D eigenvalue weighted by atomic mass is 10.0. The molecule has 33 heavy (non-hydrogen) atoms. The van der Waals surface area contributed by atoms with E-state index in [1.54, 1.807) is 25.2 Å². The van der Waals surface area contributed by atoms with E-state index in [1.165, 1.54) is 28.3 Å². The number of nitrogens with zero attached hydrogens (tertiary/aromatic N) is 1. The second-order valence-corrected chi connectivity index (χ2v) is 8.90. The third kappa shape index (κ3) is 7.19. The number of thioether (sulfide) groups is 1. The number of carbonyl (C=O) groups excluding carboxylic acids is 2. The minimum Gasteiger partial charge on any atom is -0.357 e. The van der Waals surface area contributed by atoms with Crippen LogP contribution >= 0.6 is 11.8 Å². The van der Waals surface area contributed by atoms with Crippen molar-refractivity contribution >= 4 is 23.6 Å². The van der Waals surface area contributed by atoms with Gasteiger partial charge in [-0.25, -0.2) is 4.39 Å². The van der Waals surface area contributed by atoms with Crippen molar-refractivity contribution in [3.63, 3.8) is 0 Å². The fourth-order valence-corrected chi connectivity index (χ4v) is 4.42. The Kier molecular flexibility index (Phi) is 9.07. The maximum atomic E-state index is 14.4. The van der Waals surface area contributed by atoms with Crippen LogP contribution in [0.5, 0.6) is 0 Å². The third-order valence-corrected chi connectivity index (χ3v) is 6.42. The van der Waals surface area contributed by atoms with Crippen LogP contribution in [0, 0.1) is 12.7 Å². The molecule has 172 valence electrons. The van der Waals surface area contributed by atoms with E-state index in [0.29, 0.717) is 17.7 Å². The van der Waals surface area contributed by atoms with Crippen LogP contribution in [0.2, 0.25) is 0 Å². The summed E-state index contributed by atoms with van der Waals surface area (Å²) in [4.78, 5) is 27.7. The predicted molar refractivity (Wildman–Crippen MR) is 132 cm³/mol. The SMILES string of the molecule is CNC(=O)[C@@H](Cc1ccccc1)N(Cc1ccccc1F)C(=O)CSCc1ccc(C)cc1. The van der Waals surface area contributed by atoms with Crippen LogP contribution in [-0.4, -0.2) is 35.6 Å². The van der Waals surface area contributed by atoms with Gasteiger partial charge in [-0.15, -0.1) is 11.8 Å². The molecule has 0 fully saturated rings. The molecule has 0 radical (unpaired) electrons. The molecule has 6 heteroatoms. The molecule has 3 aromatic rings. The highest BCUT2D eigenvalue weighted by Crippen LogP contribution is 2.19. The molecule has 0 unspecified atom stereocenters. The molecular formula is C27H29FN2O2S. The molecule has 0 bridgehead atoms. The zero-order valence-electron chi connectivity index (χ0n) is 19.0. The van der Waals surface area contributed by atoms with Crippen molar-refractivity contribution in [2.45, 2.75) is 31.7 Å². The number of benzene rings is 3. The first kappa shape index (κ1) is 24.5. The number of halogens is 1. The van der Waals surface area contributed by atoms with Gasteiger partial charge in [0.05, 0.1) is 5.75 Å². The van der Waals surface area contributed by atoms with Gasteiger partial charge < -0.3 is 10.2 Å². The Bertz CT molecular complexity index is 1060. The first-order valence-corrected chi connectivity index (χ1v) is 12.0. The summed E-state index contributed by atoms with van der Waals surface area (Å²) in [6.07, 6.45) is 0.351. The Hall–Kier alpha value is -3.12. The van der Waals surface area contributed by atoms with Crippen LogP contribution < -0.4 is 5.32 Å². The summed E-state index contributed by atoms with van der Waals surface area (Å²) >= 11 is 1.49. The minimum atomic E-state index is -0.746.